The van der Waals surface area contributed by atoms with Crippen molar-refractivity contribution in [2.24, 2.45) is 0 Å². The second kappa shape index (κ2) is 12.8. The summed E-state index contributed by atoms with van der Waals surface area (Å²) in [6, 6.07) is 71.1. The zero-order valence-corrected chi connectivity index (χ0v) is 27.4. The zero-order chi connectivity index (χ0) is 33.3. The van der Waals surface area contributed by atoms with Crippen LogP contribution >= 0.6 is 0 Å². The van der Waals surface area contributed by atoms with E-state index in [4.69, 9.17) is 4.42 Å². The fourth-order valence-corrected chi connectivity index (χ4v) is 6.96. The van der Waals surface area contributed by atoms with Crippen molar-refractivity contribution in [3.8, 4) is 44.5 Å². The Morgan fingerprint density at radius 1 is 0.300 bits per heavy atom. The Morgan fingerprint density at radius 2 is 0.740 bits per heavy atom. The Hall–Kier alpha value is -6.64. The van der Waals surface area contributed by atoms with Crippen LogP contribution in [0, 0.1) is 0 Å². The van der Waals surface area contributed by atoms with E-state index in [9.17, 15) is 0 Å². The minimum atomic E-state index is 0.869. The highest BCUT2D eigenvalue weighted by Crippen LogP contribution is 2.43. The van der Waals surface area contributed by atoms with Gasteiger partial charge in [-0.3, -0.25) is 0 Å². The summed E-state index contributed by atoms with van der Waals surface area (Å²) in [7, 11) is 0. The third kappa shape index (κ3) is 5.53. The van der Waals surface area contributed by atoms with Gasteiger partial charge in [0, 0.05) is 33.8 Å². The monoisotopic (exact) mass is 639 g/mol. The third-order valence-electron chi connectivity index (χ3n) is 9.52. The molecule has 236 valence electrons. The Balaban J connectivity index is 1.13. The summed E-state index contributed by atoms with van der Waals surface area (Å²) in [5, 5.41) is 2.24. The van der Waals surface area contributed by atoms with Crippen molar-refractivity contribution in [1.82, 2.24) is 0 Å². The summed E-state index contributed by atoms with van der Waals surface area (Å²) in [5.41, 5.74) is 14.5. The highest BCUT2D eigenvalue weighted by molar-refractivity contribution is 6.06. The van der Waals surface area contributed by atoms with Gasteiger partial charge in [0.2, 0.25) is 0 Å². The van der Waals surface area contributed by atoms with Gasteiger partial charge in [-0.25, -0.2) is 0 Å². The number of rotatable bonds is 7. The number of anilines is 3. The second-order valence-corrected chi connectivity index (χ2v) is 12.6. The Bertz CT molecular complexity index is 2550. The molecule has 0 atom stereocenters. The molecule has 8 aromatic carbocycles. The van der Waals surface area contributed by atoms with Crippen LogP contribution in [0.15, 0.2) is 205 Å². The van der Waals surface area contributed by atoms with Gasteiger partial charge in [-0.2, -0.15) is 0 Å². The molecule has 2 heteroatoms. The molecule has 0 aliphatic rings. The van der Waals surface area contributed by atoms with E-state index in [1.165, 1.54) is 33.4 Å². The van der Waals surface area contributed by atoms with Gasteiger partial charge in [0.1, 0.15) is 11.2 Å². The molecular formula is C48H33NO. The van der Waals surface area contributed by atoms with Gasteiger partial charge in [0.05, 0.1) is 5.69 Å². The molecule has 0 spiro atoms. The van der Waals surface area contributed by atoms with Crippen molar-refractivity contribution in [1.29, 1.82) is 0 Å². The molecule has 50 heavy (non-hydrogen) atoms. The molecule has 1 aromatic heterocycles. The molecule has 9 aromatic rings. The summed E-state index contributed by atoms with van der Waals surface area (Å²) in [4.78, 5) is 2.34. The van der Waals surface area contributed by atoms with E-state index >= 15 is 0 Å². The molecule has 9 rings (SSSR count). The summed E-state index contributed by atoms with van der Waals surface area (Å²) in [5.74, 6) is 0. The number of fused-ring (bicyclic) bond motifs is 3. The molecule has 0 aliphatic heterocycles. The van der Waals surface area contributed by atoms with Crippen LogP contribution in [0.1, 0.15) is 0 Å². The maximum Gasteiger partial charge on any atom is 0.137 e. The van der Waals surface area contributed by atoms with E-state index in [2.05, 4.69) is 193 Å². The molecule has 0 aliphatic carbocycles. The van der Waals surface area contributed by atoms with Crippen LogP contribution in [-0.4, -0.2) is 0 Å². The molecular weight excluding hydrogens is 607 g/mol. The highest BCUT2D eigenvalue weighted by Gasteiger charge is 2.19. The van der Waals surface area contributed by atoms with Gasteiger partial charge in [-0.05, 0) is 75.3 Å². The first-order chi connectivity index (χ1) is 24.8. The lowest BCUT2D eigenvalue weighted by Crippen LogP contribution is -2.11. The topological polar surface area (TPSA) is 16.4 Å². The molecule has 0 fully saturated rings. The van der Waals surface area contributed by atoms with Gasteiger partial charge in [0.25, 0.3) is 0 Å². The lowest BCUT2D eigenvalue weighted by atomic mass is 9.98. The van der Waals surface area contributed by atoms with Crippen LogP contribution in [0.2, 0.25) is 0 Å². The van der Waals surface area contributed by atoms with E-state index in [0.29, 0.717) is 0 Å². The Kier molecular flexibility index (Phi) is 7.53. The first-order valence-corrected chi connectivity index (χ1v) is 17.0. The molecule has 0 saturated carbocycles. The van der Waals surface area contributed by atoms with Crippen LogP contribution in [0.3, 0.4) is 0 Å². The van der Waals surface area contributed by atoms with Crippen LogP contribution in [0.5, 0.6) is 0 Å². The van der Waals surface area contributed by atoms with Crippen LogP contribution in [0.25, 0.3) is 66.4 Å². The number of benzene rings is 8. The normalized spacial score (nSPS) is 11.2. The standard InChI is InChI=1S/C48H33NO/c1-3-11-34(12-4-1)36-19-21-38(22-20-36)39-27-29-41(30-28-39)49(42-31-32-45-44-16-8-10-18-47(44)50-48(45)33-42)46-17-9-7-15-43(46)40-25-23-37(24-26-40)35-13-5-2-6-14-35/h1-33H. The summed E-state index contributed by atoms with van der Waals surface area (Å²) in [6.07, 6.45) is 0. The fraction of sp³-hybridized carbons (Fsp3) is 0. The minimum Gasteiger partial charge on any atom is -0.456 e. The van der Waals surface area contributed by atoms with E-state index in [1.807, 2.05) is 12.1 Å². The van der Waals surface area contributed by atoms with Gasteiger partial charge < -0.3 is 9.32 Å². The van der Waals surface area contributed by atoms with E-state index < -0.39 is 0 Å². The quantitative estimate of drug-likeness (QED) is 0.173. The maximum absolute atomic E-state index is 6.38. The van der Waals surface area contributed by atoms with Crippen LogP contribution in [-0.2, 0) is 0 Å². The van der Waals surface area contributed by atoms with Crippen molar-refractivity contribution in [2.45, 2.75) is 0 Å². The molecule has 0 radical (unpaired) electrons. The Labute approximate surface area is 292 Å². The predicted octanol–water partition coefficient (Wildman–Crippen LogP) is 13.7. The van der Waals surface area contributed by atoms with Crippen molar-refractivity contribution < 1.29 is 4.42 Å². The molecule has 0 bridgehead atoms. The summed E-state index contributed by atoms with van der Waals surface area (Å²) < 4.78 is 6.38. The number of para-hydroxylation sites is 2. The number of furan rings is 1. The number of nitrogens with zero attached hydrogens (tertiary/aromatic N) is 1. The molecule has 2 nitrogen and oxygen atoms in total. The summed E-state index contributed by atoms with van der Waals surface area (Å²) in [6.45, 7) is 0. The van der Waals surface area contributed by atoms with Crippen LogP contribution in [0.4, 0.5) is 17.1 Å². The average Bonchev–Trinajstić information content (AvgIpc) is 3.57. The lowest BCUT2D eigenvalue weighted by molar-refractivity contribution is 0.669. The van der Waals surface area contributed by atoms with E-state index in [-0.39, 0.29) is 0 Å². The molecule has 0 saturated heterocycles. The van der Waals surface area contributed by atoms with Gasteiger partial charge in [0.15, 0.2) is 0 Å². The number of hydrogen-bond acceptors (Lipinski definition) is 2. The van der Waals surface area contributed by atoms with Gasteiger partial charge in [-0.15, -0.1) is 0 Å². The highest BCUT2D eigenvalue weighted by atomic mass is 16.3. The van der Waals surface area contributed by atoms with E-state index in [0.717, 1.165) is 50.1 Å². The van der Waals surface area contributed by atoms with Gasteiger partial charge in [-0.1, -0.05) is 158 Å². The van der Waals surface area contributed by atoms with Crippen molar-refractivity contribution in [3.63, 3.8) is 0 Å². The third-order valence-corrected chi connectivity index (χ3v) is 9.52. The second-order valence-electron chi connectivity index (χ2n) is 12.6. The van der Waals surface area contributed by atoms with Crippen LogP contribution < -0.4 is 4.90 Å². The van der Waals surface area contributed by atoms with E-state index in [1.54, 1.807) is 0 Å². The maximum atomic E-state index is 6.38. The molecule has 0 unspecified atom stereocenters. The summed E-state index contributed by atoms with van der Waals surface area (Å²) >= 11 is 0. The van der Waals surface area contributed by atoms with Crippen molar-refractivity contribution >= 4 is 39.0 Å². The molecule has 1 heterocycles. The SMILES string of the molecule is c1ccc(-c2ccc(-c3ccc(N(c4ccc5c(c4)oc4ccccc45)c4ccccc4-c4ccc(-c5ccccc5)cc4)cc3)cc2)cc1. The van der Waals surface area contributed by atoms with Crippen molar-refractivity contribution in [2.75, 3.05) is 4.90 Å². The zero-order valence-electron chi connectivity index (χ0n) is 27.4. The first-order valence-electron chi connectivity index (χ1n) is 17.0. The average molecular weight is 640 g/mol. The minimum absolute atomic E-state index is 0.869. The largest absolute Gasteiger partial charge is 0.456 e. The Morgan fingerprint density at radius 3 is 1.36 bits per heavy atom. The first kappa shape index (κ1) is 29.5. The molecule has 0 amide bonds. The van der Waals surface area contributed by atoms with Crippen molar-refractivity contribution in [3.05, 3.63) is 200 Å². The van der Waals surface area contributed by atoms with Gasteiger partial charge >= 0.3 is 0 Å². The number of hydrogen-bond donors (Lipinski definition) is 0. The predicted molar refractivity (Wildman–Crippen MR) is 210 cm³/mol. The fourth-order valence-electron chi connectivity index (χ4n) is 6.96. The lowest BCUT2D eigenvalue weighted by Gasteiger charge is -2.28. The molecule has 0 N–H and O–H groups in total. The smallest absolute Gasteiger partial charge is 0.137 e.